The summed E-state index contributed by atoms with van der Waals surface area (Å²) >= 11 is 0. The van der Waals surface area contributed by atoms with Crippen LogP contribution in [0.2, 0.25) is 0 Å². The van der Waals surface area contributed by atoms with Crippen molar-refractivity contribution in [1.29, 1.82) is 0 Å². The first-order valence-corrected chi connectivity index (χ1v) is 12.6. The number of carboxylic acid groups (broad SMARTS) is 1. The minimum absolute atomic E-state index is 0.0238. The first-order chi connectivity index (χ1) is 17.7. The Balaban J connectivity index is 1.60. The summed E-state index contributed by atoms with van der Waals surface area (Å²) in [6, 6.07) is 13.5. The van der Waals surface area contributed by atoms with Gasteiger partial charge in [0, 0.05) is 38.3 Å². The lowest BCUT2D eigenvalue weighted by atomic mass is 9.87. The van der Waals surface area contributed by atoms with E-state index in [1.165, 1.54) is 4.90 Å². The highest BCUT2D eigenvalue weighted by molar-refractivity contribution is 6.03. The normalized spacial score (nSPS) is 20.8. The van der Waals surface area contributed by atoms with Crippen LogP contribution in [-0.4, -0.2) is 74.2 Å². The fourth-order valence-electron chi connectivity index (χ4n) is 5.09. The van der Waals surface area contributed by atoms with E-state index in [1.807, 2.05) is 42.5 Å². The standard InChI is InChI=1S/C28H36N2O7/c1-28(2)26(31)30(14-6-16-34-3)25-20(7-5-8-23(25)37-28)18-36-24-17-29(27(32)33)15-13-22(24)19-9-11-21(35-4)12-10-19/h5,7-12,22,24H,6,13-18H2,1-4H3,(H,32,33). The Kier molecular flexibility index (Phi) is 8.24. The molecule has 9 heteroatoms. The van der Waals surface area contributed by atoms with Crippen molar-refractivity contribution < 1.29 is 33.6 Å². The number of likely N-dealkylation sites (tertiary alicyclic amines) is 1. The number of anilines is 1. The van der Waals surface area contributed by atoms with Crippen LogP contribution in [0.15, 0.2) is 42.5 Å². The number of ether oxygens (including phenoxy) is 4. The maximum absolute atomic E-state index is 13.3. The van der Waals surface area contributed by atoms with Crippen LogP contribution in [-0.2, 0) is 20.9 Å². The Morgan fingerprint density at radius 1 is 1.16 bits per heavy atom. The van der Waals surface area contributed by atoms with Crippen molar-refractivity contribution in [1.82, 2.24) is 4.90 Å². The summed E-state index contributed by atoms with van der Waals surface area (Å²) in [5.41, 5.74) is 1.62. The first-order valence-electron chi connectivity index (χ1n) is 12.6. The van der Waals surface area contributed by atoms with Gasteiger partial charge in [-0.2, -0.15) is 0 Å². The third-order valence-electron chi connectivity index (χ3n) is 7.03. The molecule has 2 heterocycles. The van der Waals surface area contributed by atoms with Crippen molar-refractivity contribution >= 4 is 17.7 Å². The summed E-state index contributed by atoms with van der Waals surface area (Å²) in [4.78, 5) is 28.2. The molecule has 0 bridgehead atoms. The Labute approximate surface area is 217 Å². The van der Waals surface area contributed by atoms with Crippen LogP contribution in [0.5, 0.6) is 11.5 Å². The number of rotatable bonds is 9. The number of hydrogen-bond acceptors (Lipinski definition) is 6. The van der Waals surface area contributed by atoms with Crippen molar-refractivity contribution in [3.8, 4) is 11.5 Å². The largest absolute Gasteiger partial charge is 0.497 e. The molecule has 0 spiro atoms. The predicted octanol–water partition coefficient (Wildman–Crippen LogP) is 4.29. The molecule has 1 N–H and O–H groups in total. The van der Waals surface area contributed by atoms with Gasteiger partial charge in [-0.1, -0.05) is 24.3 Å². The van der Waals surface area contributed by atoms with Crippen LogP contribution in [0.3, 0.4) is 0 Å². The molecule has 2 aromatic carbocycles. The van der Waals surface area contributed by atoms with E-state index in [2.05, 4.69) is 0 Å². The van der Waals surface area contributed by atoms with Gasteiger partial charge in [0.25, 0.3) is 5.91 Å². The van der Waals surface area contributed by atoms with Gasteiger partial charge in [-0.25, -0.2) is 4.79 Å². The van der Waals surface area contributed by atoms with Gasteiger partial charge in [0.15, 0.2) is 5.60 Å². The average Bonchev–Trinajstić information content (AvgIpc) is 2.89. The van der Waals surface area contributed by atoms with Crippen LogP contribution in [0.4, 0.5) is 10.5 Å². The van der Waals surface area contributed by atoms with E-state index >= 15 is 0 Å². The van der Waals surface area contributed by atoms with Gasteiger partial charge in [0.05, 0.1) is 32.1 Å². The number of amides is 2. The Morgan fingerprint density at radius 3 is 2.59 bits per heavy atom. The number of carbonyl (C=O) groups excluding carboxylic acids is 1. The van der Waals surface area contributed by atoms with E-state index in [9.17, 15) is 14.7 Å². The highest BCUT2D eigenvalue weighted by Gasteiger charge is 2.42. The lowest BCUT2D eigenvalue weighted by Crippen LogP contribution is -2.53. The van der Waals surface area contributed by atoms with Crippen molar-refractivity contribution in [2.24, 2.45) is 0 Å². The predicted molar refractivity (Wildman–Crippen MR) is 139 cm³/mol. The molecule has 1 fully saturated rings. The van der Waals surface area contributed by atoms with Crippen LogP contribution >= 0.6 is 0 Å². The van der Waals surface area contributed by atoms with E-state index in [0.29, 0.717) is 44.0 Å². The molecule has 2 aliphatic heterocycles. The van der Waals surface area contributed by atoms with Crippen molar-refractivity contribution in [3.63, 3.8) is 0 Å². The van der Waals surface area contributed by atoms with Gasteiger partial charge in [-0.15, -0.1) is 0 Å². The topological polar surface area (TPSA) is 97.8 Å². The molecule has 9 nitrogen and oxygen atoms in total. The van der Waals surface area contributed by atoms with E-state index < -0.39 is 11.7 Å². The molecule has 4 rings (SSSR count). The molecule has 0 saturated carbocycles. The Morgan fingerprint density at radius 2 is 1.92 bits per heavy atom. The van der Waals surface area contributed by atoms with Gasteiger partial charge >= 0.3 is 6.09 Å². The maximum Gasteiger partial charge on any atom is 0.407 e. The molecule has 2 unspecified atom stereocenters. The number of benzene rings is 2. The molecular formula is C28H36N2O7. The number of nitrogens with zero attached hydrogens (tertiary/aromatic N) is 2. The maximum atomic E-state index is 13.3. The fraction of sp³-hybridized carbons (Fsp3) is 0.500. The third-order valence-corrected chi connectivity index (χ3v) is 7.03. The summed E-state index contributed by atoms with van der Waals surface area (Å²) in [5.74, 6) is 1.30. The number of para-hydroxylation sites is 1. The van der Waals surface area contributed by atoms with E-state index in [1.54, 1.807) is 33.0 Å². The molecule has 2 aliphatic rings. The van der Waals surface area contributed by atoms with Crippen molar-refractivity contribution in [2.75, 3.05) is 45.4 Å². The molecule has 37 heavy (non-hydrogen) atoms. The summed E-state index contributed by atoms with van der Waals surface area (Å²) in [6.07, 6.45) is 0.0229. The summed E-state index contributed by atoms with van der Waals surface area (Å²) in [6.45, 7) is 5.49. The molecule has 1 saturated heterocycles. The van der Waals surface area contributed by atoms with Gasteiger partial charge in [-0.05, 0) is 50.5 Å². The van der Waals surface area contributed by atoms with Gasteiger partial charge in [0.1, 0.15) is 11.5 Å². The minimum atomic E-state index is -0.982. The average molecular weight is 513 g/mol. The zero-order chi connectivity index (χ0) is 26.6. The second kappa shape index (κ2) is 11.4. The van der Waals surface area contributed by atoms with Crippen LogP contribution in [0.1, 0.15) is 43.7 Å². The Bertz CT molecular complexity index is 1100. The zero-order valence-electron chi connectivity index (χ0n) is 21.9. The molecular weight excluding hydrogens is 476 g/mol. The quantitative estimate of drug-likeness (QED) is 0.501. The van der Waals surface area contributed by atoms with E-state index in [4.69, 9.17) is 18.9 Å². The van der Waals surface area contributed by atoms with Crippen LogP contribution in [0.25, 0.3) is 0 Å². The van der Waals surface area contributed by atoms with Gasteiger partial charge < -0.3 is 33.9 Å². The molecule has 200 valence electrons. The lowest BCUT2D eigenvalue weighted by Gasteiger charge is -2.40. The first kappa shape index (κ1) is 26.8. The van der Waals surface area contributed by atoms with Crippen LogP contribution in [0, 0.1) is 0 Å². The molecule has 2 aromatic rings. The third kappa shape index (κ3) is 5.83. The van der Waals surface area contributed by atoms with Gasteiger partial charge in [0.2, 0.25) is 0 Å². The van der Waals surface area contributed by atoms with Crippen LogP contribution < -0.4 is 14.4 Å². The lowest BCUT2D eigenvalue weighted by molar-refractivity contribution is -0.132. The number of piperidine rings is 1. The SMILES string of the molecule is COCCCN1C(=O)C(C)(C)Oc2cccc(COC3CN(C(=O)O)CCC3c3ccc(OC)cc3)c21. The number of hydrogen-bond donors (Lipinski definition) is 1. The second-order valence-corrected chi connectivity index (χ2v) is 9.93. The molecule has 0 aromatic heterocycles. The van der Waals surface area contributed by atoms with E-state index in [-0.39, 0.29) is 31.1 Å². The Hall–Kier alpha value is -3.30. The number of methoxy groups -OCH3 is 2. The van der Waals surface area contributed by atoms with Crippen molar-refractivity contribution in [2.45, 2.75) is 50.9 Å². The molecule has 0 aliphatic carbocycles. The summed E-state index contributed by atoms with van der Waals surface area (Å²) in [7, 11) is 3.27. The summed E-state index contributed by atoms with van der Waals surface area (Å²) in [5, 5.41) is 9.62. The van der Waals surface area contributed by atoms with Crippen molar-refractivity contribution in [3.05, 3.63) is 53.6 Å². The molecule has 2 amide bonds. The minimum Gasteiger partial charge on any atom is -0.497 e. The monoisotopic (exact) mass is 512 g/mol. The fourth-order valence-corrected chi connectivity index (χ4v) is 5.09. The molecule has 0 radical (unpaired) electrons. The highest BCUT2D eigenvalue weighted by atomic mass is 16.5. The molecule has 2 atom stereocenters. The number of carbonyl (C=O) groups is 2. The van der Waals surface area contributed by atoms with E-state index in [0.717, 1.165) is 16.9 Å². The smallest absolute Gasteiger partial charge is 0.407 e. The summed E-state index contributed by atoms with van der Waals surface area (Å²) < 4.78 is 23.0. The van der Waals surface area contributed by atoms with Gasteiger partial charge in [-0.3, -0.25) is 4.79 Å². The highest BCUT2D eigenvalue weighted by Crippen LogP contribution is 2.41. The second-order valence-electron chi connectivity index (χ2n) is 9.93. The number of fused-ring (bicyclic) bond motifs is 1. The zero-order valence-corrected chi connectivity index (χ0v) is 21.9.